The number of aromatic nitrogens is 1. The van der Waals surface area contributed by atoms with Crippen molar-refractivity contribution in [1.82, 2.24) is 0 Å². The molecule has 1 aromatic heterocycles. The van der Waals surface area contributed by atoms with E-state index in [1.54, 1.807) is 30.5 Å². The highest BCUT2D eigenvalue weighted by Gasteiger charge is 2.30. The molecule has 1 saturated heterocycles. The average molecular weight is 418 g/mol. The summed E-state index contributed by atoms with van der Waals surface area (Å²) >= 11 is 5.95. The molecule has 3 aromatic rings. The van der Waals surface area contributed by atoms with E-state index in [4.69, 9.17) is 16.3 Å². The standard InChI is InChI=1S/C21H21ClN2O3S/c1-2-15-3-8-19-18(13-15)21(24-9-11-27-12-10-24)20(14-23-19)28(25,26)17-6-4-16(22)5-7-17/h3-8,13-14H,2,9-12H2,1H3/p+1. The first-order valence-corrected chi connectivity index (χ1v) is 11.2. The number of pyridine rings is 1. The minimum absolute atomic E-state index is 0.228. The molecule has 2 heterocycles. The Hall–Kier alpha value is -2.15. The molecular formula is C21H22ClN2O3S+. The van der Waals surface area contributed by atoms with Gasteiger partial charge in [-0.1, -0.05) is 24.6 Å². The molecule has 1 aliphatic rings. The van der Waals surface area contributed by atoms with E-state index in [-0.39, 0.29) is 9.79 Å². The molecule has 1 aliphatic heterocycles. The molecule has 0 amide bonds. The number of rotatable bonds is 4. The Labute approximate surface area is 169 Å². The second kappa shape index (κ2) is 7.70. The summed E-state index contributed by atoms with van der Waals surface area (Å²) in [5, 5.41) is 1.42. The number of morpholine rings is 1. The molecule has 5 nitrogen and oxygen atoms in total. The van der Waals surface area contributed by atoms with Crippen molar-refractivity contribution < 1.29 is 18.1 Å². The van der Waals surface area contributed by atoms with Crippen molar-refractivity contribution in [1.29, 1.82) is 0 Å². The Balaban J connectivity index is 1.97. The summed E-state index contributed by atoms with van der Waals surface area (Å²) in [6, 6.07) is 12.5. The van der Waals surface area contributed by atoms with Gasteiger partial charge >= 0.3 is 0 Å². The highest BCUT2D eigenvalue weighted by Crippen LogP contribution is 2.35. The van der Waals surface area contributed by atoms with Gasteiger partial charge in [0.15, 0.2) is 11.1 Å². The van der Waals surface area contributed by atoms with Gasteiger partial charge in [0.2, 0.25) is 15.4 Å². The monoisotopic (exact) mass is 417 g/mol. The second-order valence-corrected chi connectivity index (χ2v) is 9.15. The van der Waals surface area contributed by atoms with Gasteiger partial charge in [-0.2, -0.15) is 0 Å². The van der Waals surface area contributed by atoms with E-state index >= 15 is 0 Å². The molecule has 0 aliphatic carbocycles. The number of hydrogen-bond acceptors (Lipinski definition) is 4. The van der Waals surface area contributed by atoms with E-state index in [9.17, 15) is 8.42 Å². The molecule has 1 fully saturated rings. The molecule has 2 aromatic carbocycles. The molecule has 4 rings (SSSR count). The van der Waals surface area contributed by atoms with E-state index in [1.807, 2.05) is 6.07 Å². The number of anilines is 1. The molecule has 7 heteroatoms. The summed E-state index contributed by atoms with van der Waals surface area (Å²) in [5.74, 6) is 0. The number of halogens is 1. The summed E-state index contributed by atoms with van der Waals surface area (Å²) in [6.45, 7) is 4.55. The molecule has 0 atom stereocenters. The minimum atomic E-state index is -3.72. The van der Waals surface area contributed by atoms with E-state index in [1.165, 1.54) is 0 Å². The van der Waals surface area contributed by atoms with Gasteiger partial charge < -0.3 is 9.64 Å². The zero-order valence-electron chi connectivity index (χ0n) is 15.6. The lowest BCUT2D eigenvalue weighted by atomic mass is 10.1. The first-order chi connectivity index (χ1) is 13.5. The summed E-state index contributed by atoms with van der Waals surface area (Å²) in [5.41, 5.74) is 2.81. The topological polar surface area (TPSA) is 60.8 Å². The molecule has 0 bridgehead atoms. The molecule has 146 valence electrons. The second-order valence-electron chi connectivity index (χ2n) is 6.79. The van der Waals surface area contributed by atoms with Crippen LogP contribution in [-0.2, 0) is 21.0 Å². The maximum absolute atomic E-state index is 13.5. The normalized spacial score (nSPS) is 15.1. The van der Waals surface area contributed by atoms with Crippen LogP contribution >= 0.6 is 11.6 Å². The van der Waals surface area contributed by atoms with Crippen LogP contribution in [0.3, 0.4) is 0 Å². The quantitative estimate of drug-likeness (QED) is 0.651. The van der Waals surface area contributed by atoms with Gasteiger partial charge in [-0.05, 0) is 42.3 Å². The third-order valence-corrected chi connectivity index (χ3v) is 7.12. The molecule has 0 spiro atoms. The third kappa shape index (κ3) is 3.48. The molecule has 0 radical (unpaired) electrons. The van der Waals surface area contributed by atoms with Crippen LogP contribution in [0.25, 0.3) is 10.9 Å². The van der Waals surface area contributed by atoms with Gasteiger partial charge in [-0.15, -0.1) is 0 Å². The van der Waals surface area contributed by atoms with Gasteiger partial charge in [0, 0.05) is 24.2 Å². The minimum Gasteiger partial charge on any atom is -0.378 e. The van der Waals surface area contributed by atoms with E-state index in [0.29, 0.717) is 31.3 Å². The lowest BCUT2D eigenvalue weighted by Gasteiger charge is -2.30. The van der Waals surface area contributed by atoms with Crippen LogP contribution in [0.1, 0.15) is 12.5 Å². The van der Waals surface area contributed by atoms with E-state index in [2.05, 4.69) is 28.9 Å². The van der Waals surface area contributed by atoms with E-state index in [0.717, 1.165) is 28.6 Å². The Bertz CT molecular complexity index is 1110. The lowest BCUT2D eigenvalue weighted by Crippen LogP contribution is -2.37. The number of benzene rings is 2. The van der Waals surface area contributed by atoms with Crippen LogP contribution < -0.4 is 9.88 Å². The number of hydrogen-bond donors (Lipinski definition) is 0. The van der Waals surface area contributed by atoms with E-state index < -0.39 is 9.84 Å². The van der Waals surface area contributed by atoms with Gasteiger partial charge in [0.1, 0.15) is 0 Å². The lowest BCUT2D eigenvalue weighted by molar-refractivity contribution is -0.347. The largest absolute Gasteiger partial charge is 0.378 e. The van der Waals surface area contributed by atoms with Crippen LogP contribution in [-0.4, -0.2) is 34.7 Å². The number of fused-ring (bicyclic) bond motifs is 1. The number of nitrogens with one attached hydrogen (secondary N) is 1. The van der Waals surface area contributed by atoms with Crippen LogP contribution in [0.4, 0.5) is 5.69 Å². The number of sulfone groups is 1. The number of aryl methyl sites for hydroxylation is 1. The number of nitrogens with zero attached hydrogens (tertiary/aromatic N) is 1. The predicted octanol–water partition coefficient (Wildman–Crippen LogP) is 3.54. The molecule has 0 saturated carbocycles. The number of ether oxygens (including phenoxy) is 1. The predicted molar refractivity (Wildman–Crippen MR) is 110 cm³/mol. The smallest absolute Gasteiger partial charge is 0.214 e. The SMILES string of the molecule is CCc1ccc2[nH+]cc(S(=O)(=O)c3ccc(Cl)cc3)c(N3CCOCC3)c2c1. The fourth-order valence-electron chi connectivity index (χ4n) is 3.54. The van der Waals surface area contributed by atoms with Gasteiger partial charge in [-0.3, -0.25) is 0 Å². The van der Waals surface area contributed by atoms with Gasteiger partial charge in [0.05, 0.1) is 29.2 Å². The van der Waals surface area contributed by atoms with Crippen molar-refractivity contribution in [2.45, 2.75) is 23.1 Å². The first-order valence-electron chi connectivity index (χ1n) is 9.31. The van der Waals surface area contributed by atoms with Gasteiger partial charge in [-0.25, -0.2) is 13.4 Å². The fraction of sp³-hybridized carbons (Fsp3) is 0.286. The van der Waals surface area contributed by atoms with Crippen LogP contribution in [0, 0.1) is 0 Å². The van der Waals surface area contributed by atoms with Crippen molar-refractivity contribution in [3.05, 3.63) is 59.2 Å². The average Bonchev–Trinajstić information content (AvgIpc) is 2.73. The van der Waals surface area contributed by atoms with Crippen molar-refractivity contribution in [3.63, 3.8) is 0 Å². The number of aromatic amines is 1. The summed E-state index contributed by atoms with van der Waals surface area (Å²) in [7, 11) is -3.72. The van der Waals surface area contributed by atoms with Crippen molar-refractivity contribution in [3.8, 4) is 0 Å². The molecule has 28 heavy (non-hydrogen) atoms. The summed E-state index contributed by atoms with van der Waals surface area (Å²) in [6.07, 6.45) is 2.48. The Morgan fingerprint density at radius 1 is 1.11 bits per heavy atom. The molecular weight excluding hydrogens is 396 g/mol. The number of H-pyrrole nitrogens is 1. The van der Waals surface area contributed by atoms with Crippen molar-refractivity contribution in [2.75, 3.05) is 31.2 Å². The van der Waals surface area contributed by atoms with Crippen molar-refractivity contribution in [2.24, 2.45) is 0 Å². The Kier molecular flexibility index (Phi) is 5.27. The summed E-state index contributed by atoms with van der Waals surface area (Å²) < 4.78 is 32.5. The Morgan fingerprint density at radius 2 is 1.82 bits per heavy atom. The zero-order valence-corrected chi connectivity index (χ0v) is 17.2. The first kappa shape index (κ1) is 19.2. The highest BCUT2D eigenvalue weighted by molar-refractivity contribution is 7.91. The fourth-order valence-corrected chi connectivity index (χ4v) is 5.12. The van der Waals surface area contributed by atoms with Crippen LogP contribution in [0.5, 0.6) is 0 Å². The molecule has 1 N–H and O–H groups in total. The highest BCUT2D eigenvalue weighted by atomic mass is 35.5. The van der Waals surface area contributed by atoms with Gasteiger partial charge in [0.25, 0.3) is 0 Å². The molecule has 0 unspecified atom stereocenters. The third-order valence-electron chi connectivity index (χ3n) is 5.08. The zero-order chi connectivity index (χ0) is 19.7. The van der Waals surface area contributed by atoms with Crippen molar-refractivity contribution >= 4 is 38.0 Å². The van der Waals surface area contributed by atoms with Crippen LogP contribution in [0.2, 0.25) is 5.02 Å². The summed E-state index contributed by atoms with van der Waals surface area (Å²) in [4.78, 5) is 5.79. The van der Waals surface area contributed by atoms with Crippen LogP contribution in [0.15, 0.2) is 58.5 Å². The Morgan fingerprint density at radius 3 is 2.50 bits per heavy atom. The maximum atomic E-state index is 13.5. The maximum Gasteiger partial charge on any atom is 0.214 e.